The lowest BCUT2D eigenvalue weighted by molar-refractivity contribution is 0.0812. The second-order valence-corrected chi connectivity index (χ2v) is 6.95. The molecule has 4 rings (SSSR count). The van der Waals surface area contributed by atoms with E-state index in [4.69, 9.17) is 4.42 Å². The number of likely N-dealkylation sites (tertiary alicyclic amines) is 1. The zero-order valence-corrected chi connectivity index (χ0v) is 13.4. The van der Waals surface area contributed by atoms with Gasteiger partial charge in [0.25, 0.3) is 0 Å². The van der Waals surface area contributed by atoms with Gasteiger partial charge in [0.15, 0.2) is 0 Å². The predicted octanol–water partition coefficient (Wildman–Crippen LogP) is 4.49. The molecule has 1 saturated heterocycles. The first kappa shape index (κ1) is 14.9. The van der Waals surface area contributed by atoms with Crippen molar-refractivity contribution in [3.8, 4) is 11.5 Å². The van der Waals surface area contributed by atoms with Crippen molar-refractivity contribution in [2.75, 3.05) is 13.1 Å². The highest BCUT2D eigenvalue weighted by Gasteiger charge is 2.31. The van der Waals surface area contributed by atoms with Gasteiger partial charge in [0.05, 0.1) is 11.3 Å². The third-order valence-corrected chi connectivity index (χ3v) is 5.42. The summed E-state index contributed by atoms with van der Waals surface area (Å²) < 4.78 is 19.3. The van der Waals surface area contributed by atoms with E-state index in [1.165, 1.54) is 44.7 Å². The molecule has 122 valence electrons. The van der Waals surface area contributed by atoms with Crippen molar-refractivity contribution in [1.82, 2.24) is 9.88 Å². The van der Waals surface area contributed by atoms with Crippen LogP contribution in [-0.2, 0) is 6.54 Å². The Bertz CT molecular complexity index is 669. The molecular weight excluding hydrogens is 291 g/mol. The average molecular weight is 314 g/mol. The number of hydrogen-bond donors (Lipinski definition) is 0. The number of benzene rings is 1. The summed E-state index contributed by atoms with van der Waals surface area (Å²) in [5.74, 6) is 1.89. The molecule has 0 N–H and O–H groups in total. The lowest BCUT2D eigenvalue weighted by Gasteiger charge is -2.41. The number of aromatic nitrogens is 1. The molecule has 2 unspecified atom stereocenters. The van der Waals surface area contributed by atoms with Gasteiger partial charge in [0.1, 0.15) is 12.1 Å². The number of fused-ring (bicyclic) bond motifs is 1. The zero-order chi connectivity index (χ0) is 15.6. The van der Waals surface area contributed by atoms with Crippen LogP contribution in [0.3, 0.4) is 0 Å². The normalized spacial score (nSPS) is 25.3. The van der Waals surface area contributed by atoms with E-state index in [2.05, 4.69) is 9.88 Å². The molecule has 1 aliphatic heterocycles. The first-order valence-corrected chi connectivity index (χ1v) is 8.71. The van der Waals surface area contributed by atoms with Gasteiger partial charge in [-0.15, -0.1) is 0 Å². The summed E-state index contributed by atoms with van der Waals surface area (Å²) in [4.78, 5) is 6.97. The summed E-state index contributed by atoms with van der Waals surface area (Å²) >= 11 is 0. The maximum Gasteiger partial charge on any atom is 0.229 e. The van der Waals surface area contributed by atoms with Crippen LogP contribution < -0.4 is 0 Å². The Morgan fingerprint density at radius 3 is 2.83 bits per heavy atom. The lowest BCUT2D eigenvalue weighted by atomic mass is 9.75. The number of hydrogen-bond acceptors (Lipinski definition) is 3. The minimum absolute atomic E-state index is 0.288. The van der Waals surface area contributed by atoms with Crippen molar-refractivity contribution >= 4 is 0 Å². The minimum atomic E-state index is -0.288. The fraction of sp³-hybridized carbons (Fsp3) is 0.526. The van der Waals surface area contributed by atoms with Crippen LogP contribution >= 0.6 is 0 Å². The highest BCUT2D eigenvalue weighted by atomic mass is 19.1. The van der Waals surface area contributed by atoms with E-state index in [1.807, 2.05) is 0 Å². The van der Waals surface area contributed by atoms with Crippen molar-refractivity contribution in [1.29, 1.82) is 0 Å². The van der Waals surface area contributed by atoms with Crippen molar-refractivity contribution in [3.63, 3.8) is 0 Å². The summed E-state index contributed by atoms with van der Waals surface area (Å²) in [6, 6.07) is 6.62. The van der Waals surface area contributed by atoms with Gasteiger partial charge in [-0.05, 0) is 43.4 Å². The third kappa shape index (κ3) is 3.18. The van der Waals surface area contributed by atoms with Crippen molar-refractivity contribution in [3.05, 3.63) is 42.0 Å². The molecule has 2 atom stereocenters. The average Bonchev–Trinajstić information content (AvgIpc) is 3.03. The van der Waals surface area contributed by atoms with Gasteiger partial charge in [0, 0.05) is 13.1 Å². The van der Waals surface area contributed by atoms with Crippen molar-refractivity contribution < 1.29 is 8.81 Å². The molecule has 0 spiro atoms. The van der Waals surface area contributed by atoms with Crippen LogP contribution in [0.2, 0.25) is 0 Å². The second kappa shape index (κ2) is 6.44. The van der Waals surface area contributed by atoms with Crippen LogP contribution in [0, 0.1) is 17.7 Å². The summed E-state index contributed by atoms with van der Waals surface area (Å²) in [6.07, 6.45) is 8.57. The Kier molecular flexibility index (Phi) is 4.17. The lowest BCUT2D eigenvalue weighted by Crippen LogP contribution is -2.41. The highest BCUT2D eigenvalue weighted by Crippen LogP contribution is 2.36. The highest BCUT2D eigenvalue weighted by molar-refractivity contribution is 5.53. The Hall–Kier alpha value is -1.68. The zero-order valence-electron chi connectivity index (χ0n) is 13.4. The fourth-order valence-electron chi connectivity index (χ4n) is 4.19. The van der Waals surface area contributed by atoms with E-state index in [1.54, 1.807) is 24.5 Å². The summed E-state index contributed by atoms with van der Waals surface area (Å²) in [5.41, 5.74) is 1.34. The van der Waals surface area contributed by atoms with E-state index in [9.17, 15) is 4.39 Å². The first-order valence-electron chi connectivity index (χ1n) is 8.71. The van der Waals surface area contributed by atoms with Crippen LogP contribution in [-0.4, -0.2) is 23.0 Å². The molecule has 2 aromatic rings. The fourth-order valence-corrected chi connectivity index (χ4v) is 4.19. The van der Waals surface area contributed by atoms with Gasteiger partial charge in [-0.2, -0.15) is 0 Å². The molecule has 23 heavy (non-hydrogen) atoms. The van der Waals surface area contributed by atoms with Crippen molar-refractivity contribution in [2.45, 2.75) is 38.6 Å². The number of oxazole rings is 1. The quantitative estimate of drug-likeness (QED) is 0.835. The van der Waals surface area contributed by atoms with Gasteiger partial charge in [-0.1, -0.05) is 31.4 Å². The minimum Gasteiger partial charge on any atom is -0.444 e. The smallest absolute Gasteiger partial charge is 0.229 e. The number of piperidine rings is 1. The molecule has 2 heterocycles. The Balaban J connectivity index is 1.43. The van der Waals surface area contributed by atoms with Crippen molar-refractivity contribution in [2.24, 2.45) is 11.8 Å². The molecule has 3 nitrogen and oxygen atoms in total. The van der Waals surface area contributed by atoms with Crippen LogP contribution in [0.5, 0.6) is 0 Å². The molecule has 2 fully saturated rings. The maximum absolute atomic E-state index is 13.8. The van der Waals surface area contributed by atoms with Gasteiger partial charge >= 0.3 is 0 Å². The molecule has 0 amide bonds. The summed E-state index contributed by atoms with van der Waals surface area (Å²) in [5, 5.41) is 0. The number of rotatable bonds is 3. The molecule has 0 bridgehead atoms. The molecule has 2 aliphatic rings. The summed E-state index contributed by atoms with van der Waals surface area (Å²) in [7, 11) is 0. The van der Waals surface area contributed by atoms with Crippen LogP contribution in [0.4, 0.5) is 4.39 Å². The van der Waals surface area contributed by atoms with Crippen LogP contribution in [0.25, 0.3) is 11.5 Å². The molecule has 4 heteroatoms. The van der Waals surface area contributed by atoms with Gasteiger partial charge in [-0.3, -0.25) is 4.90 Å². The van der Waals surface area contributed by atoms with E-state index < -0.39 is 0 Å². The number of halogens is 1. The standard InChI is InChI=1S/C19H23FN2O/c20-18-8-4-3-7-17(18)19-21-16(13-23-19)12-22-10-9-14-5-1-2-6-15(14)11-22/h3-4,7-8,13-15H,1-2,5-6,9-12H2. The Morgan fingerprint density at radius 1 is 1.13 bits per heavy atom. The second-order valence-electron chi connectivity index (χ2n) is 6.95. The molecule has 1 aliphatic carbocycles. The molecule has 1 aromatic heterocycles. The monoisotopic (exact) mass is 314 g/mol. The van der Waals surface area contributed by atoms with E-state index in [0.29, 0.717) is 11.5 Å². The van der Waals surface area contributed by atoms with Crippen LogP contribution in [0.15, 0.2) is 34.9 Å². The predicted molar refractivity (Wildman–Crippen MR) is 87.2 cm³/mol. The first-order chi connectivity index (χ1) is 11.3. The van der Waals surface area contributed by atoms with E-state index in [-0.39, 0.29) is 5.82 Å². The SMILES string of the molecule is Fc1ccccc1-c1nc(CN2CCC3CCCCC3C2)co1. The van der Waals surface area contributed by atoms with Crippen LogP contribution in [0.1, 0.15) is 37.8 Å². The molecule has 0 radical (unpaired) electrons. The van der Waals surface area contributed by atoms with E-state index >= 15 is 0 Å². The molecular formula is C19H23FN2O. The largest absolute Gasteiger partial charge is 0.444 e. The summed E-state index contributed by atoms with van der Waals surface area (Å²) in [6.45, 7) is 3.12. The van der Waals surface area contributed by atoms with E-state index in [0.717, 1.165) is 30.6 Å². The maximum atomic E-state index is 13.8. The van der Waals surface area contributed by atoms with Gasteiger partial charge < -0.3 is 4.42 Å². The topological polar surface area (TPSA) is 29.3 Å². The molecule has 1 aromatic carbocycles. The number of nitrogens with zero attached hydrogens (tertiary/aromatic N) is 2. The molecule has 1 saturated carbocycles. The third-order valence-electron chi connectivity index (χ3n) is 5.42. The Morgan fingerprint density at radius 2 is 1.96 bits per heavy atom. The van der Waals surface area contributed by atoms with Gasteiger partial charge in [0.2, 0.25) is 5.89 Å². The van der Waals surface area contributed by atoms with Gasteiger partial charge in [-0.25, -0.2) is 9.37 Å². The Labute approximate surface area is 136 Å².